The minimum absolute atomic E-state index is 0.0316. The number of carbonyl (C=O) groups excluding carboxylic acids is 1. The molecule has 0 aliphatic carbocycles. The van der Waals surface area contributed by atoms with Gasteiger partial charge in [-0.05, 0) is 49.8 Å². The Balaban J connectivity index is 2.06. The maximum Gasteiger partial charge on any atom is 0.187 e. The van der Waals surface area contributed by atoms with Crippen LogP contribution in [0.25, 0.3) is 6.08 Å². The molecule has 1 aromatic carbocycles. The van der Waals surface area contributed by atoms with E-state index in [9.17, 15) is 4.79 Å². The van der Waals surface area contributed by atoms with Gasteiger partial charge in [0.15, 0.2) is 5.78 Å². The molecule has 0 aliphatic heterocycles. The number of ketones is 1. The molecule has 0 amide bonds. The molecule has 2 aromatic rings. The van der Waals surface area contributed by atoms with E-state index >= 15 is 0 Å². The number of rotatable bonds is 6. The van der Waals surface area contributed by atoms with Gasteiger partial charge in [-0.2, -0.15) is 0 Å². The Morgan fingerprint density at radius 1 is 1.14 bits per heavy atom. The molecule has 0 spiro atoms. The lowest BCUT2D eigenvalue weighted by Gasteiger charge is -2.20. The molecule has 21 heavy (non-hydrogen) atoms. The van der Waals surface area contributed by atoms with Gasteiger partial charge in [0.2, 0.25) is 0 Å². The van der Waals surface area contributed by atoms with Gasteiger partial charge in [0, 0.05) is 36.7 Å². The first-order chi connectivity index (χ1) is 10.2. The van der Waals surface area contributed by atoms with Gasteiger partial charge in [-0.15, -0.1) is 0 Å². The van der Waals surface area contributed by atoms with Crippen LogP contribution in [-0.4, -0.2) is 23.9 Å². The number of carbonyl (C=O) groups is 1. The van der Waals surface area contributed by atoms with E-state index in [0.29, 0.717) is 5.56 Å². The van der Waals surface area contributed by atoms with Crippen LogP contribution < -0.4 is 4.90 Å². The molecule has 2 rings (SSSR count). The quantitative estimate of drug-likeness (QED) is 0.595. The lowest BCUT2D eigenvalue weighted by Crippen LogP contribution is -2.21. The average molecular weight is 280 g/mol. The maximum absolute atomic E-state index is 12.0. The number of aromatic nitrogens is 1. The van der Waals surface area contributed by atoms with Crippen LogP contribution in [0.3, 0.4) is 0 Å². The van der Waals surface area contributed by atoms with Crippen molar-refractivity contribution in [2.45, 2.75) is 13.8 Å². The monoisotopic (exact) mass is 280 g/mol. The molecule has 0 unspecified atom stereocenters. The van der Waals surface area contributed by atoms with Crippen LogP contribution in [0.2, 0.25) is 0 Å². The van der Waals surface area contributed by atoms with E-state index in [4.69, 9.17) is 0 Å². The van der Waals surface area contributed by atoms with Crippen LogP contribution in [0.1, 0.15) is 29.8 Å². The third kappa shape index (κ3) is 4.02. The Morgan fingerprint density at radius 3 is 2.43 bits per heavy atom. The highest BCUT2D eigenvalue weighted by atomic mass is 16.1. The van der Waals surface area contributed by atoms with Crippen molar-refractivity contribution in [2.75, 3.05) is 18.0 Å². The van der Waals surface area contributed by atoms with Crippen LogP contribution in [0.4, 0.5) is 5.69 Å². The predicted octanol–water partition coefficient (Wildman–Crippen LogP) is 3.82. The van der Waals surface area contributed by atoms with Crippen LogP contribution in [0.5, 0.6) is 0 Å². The second kappa shape index (κ2) is 7.39. The molecule has 1 aromatic heterocycles. The largest absolute Gasteiger partial charge is 0.372 e. The van der Waals surface area contributed by atoms with Gasteiger partial charge in [0.1, 0.15) is 0 Å². The summed E-state index contributed by atoms with van der Waals surface area (Å²) < 4.78 is 0. The summed E-state index contributed by atoms with van der Waals surface area (Å²) in [6, 6.07) is 11.8. The summed E-state index contributed by atoms with van der Waals surface area (Å²) in [5, 5.41) is 0. The van der Waals surface area contributed by atoms with E-state index in [1.807, 2.05) is 18.2 Å². The van der Waals surface area contributed by atoms with Crippen LogP contribution in [0.15, 0.2) is 54.9 Å². The van der Waals surface area contributed by atoms with Gasteiger partial charge in [-0.25, -0.2) is 0 Å². The SMILES string of the molecule is CCN(CC)c1ccc(/C=C/C(=O)c2cccnc2)cc1. The molecule has 1 heterocycles. The second-order valence-electron chi connectivity index (χ2n) is 4.70. The van der Waals surface area contributed by atoms with Gasteiger partial charge >= 0.3 is 0 Å². The summed E-state index contributed by atoms with van der Waals surface area (Å²) in [5.41, 5.74) is 2.83. The number of nitrogens with zero attached hydrogens (tertiary/aromatic N) is 2. The minimum atomic E-state index is -0.0316. The first-order valence-electron chi connectivity index (χ1n) is 7.22. The van der Waals surface area contributed by atoms with Crippen molar-refractivity contribution in [3.8, 4) is 0 Å². The van der Waals surface area contributed by atoms with Gasteiger partial charge < -0.3 is 4.90 Å². The smallest absolute Gasteiger partial charge is 0.187 e. The molecule has 0 fully saturated rings. The number of pyridine rings is 1. The minimum Gasteiger partial charge on any atom is -0.372 e. The molecule has 0 aliphatic rings. The Bertz CT molecular complexity index is 599. The summed E-state index contributed by atoms with van der Waals surface area (Å²) >= 11 is 0. The zero-order valence-corrected chi connectivity index (χ0v) is 12.5. The van der Waals surface area contributed by atoms with Crippen LogP contribution in [0, 0.1) is 0 Å². The summed E-state index contributed by atoms with van der Waals surface area (Å²) in [6.45, 7) is 6.27. The Hall–Kier alpha value is -2.42. The van der Waals surface area contributed by atoms with Crippen molar-refractivity contribution in [1.82, 2.24) is 4.98 Å². The van der Waals surface area contributed by atoms with E-state index in [-0.39, 0.29) is 5.78 Å². The highest BCUT2D eigenvalue weighted by Crippen LogP contribution is 2.15. The molecular weight excluding hydrogens is 260 g/mol. The summed E-state index contributed by atoms with van der Waals surface area (Å²) in [4.78, 5) is 18.2. The van der Waals surface area contributed by atoms with Crippen LogP contribution in [-0.2, 0) is 0 Å². The molecule has 0 bridgehead atoms. The Kier molecular flexibility index (Phi) is 5.27. The fourth-order valence-corrected chi connectivity index (χ4v) is 2.16. The van der Waals surface area contributed by atoms with E-state index in [1.165, 1.54) is 5.69 Å². The standard InChI is InChI=1S/C18H20N2O/c1-3-20(4-2)17-10-7-15(8-11-17)9-12-18(21)16-6-5-13-19-14-16/h5-14H,3-4H2,1-2H3/b12-9+. The topological polar surface area (TPSA) is 33.2 Å². The summed E-state index contributed by atoms with van der Waals surface area (Å²) in [7, 11) is 0. The number of hydrogen-bond donors (Lipinski definition) is 0. The van der Waals surface area contributed by atoms with Gasteiger partial charge in [0.05, 0.1) is 0 Å². The van der Waals surface area contributed by atoms with Crippen LogP contribution >= 0.6 is 0 Å². The molecule has 0 saturated heterocycles. The van der Waals surface area contributed by atoms with Gasteiger partial charge in [-0.1, -0.05) is 18.2 Å². The maximum atomic E-state index is 12.0. The first-order valence-corrected chi connectivity index (χ1v) is 7.22. The fourth-order valence-electron chi connectivity index (χ4n) is 2.16. The van der Waals surface area contributed by atoms with E-state index < -0.39 is 0 Å². The van der Waals surface area contributed by atoms with E-state index in [1.54, 1.807) is 30.6 Å². The highest BCUT2D eigenvalue weighted by molar-refractivity contribution is 6.06. The zero-order valence-electron chi connectivity index (χ0n) is 12.5. The number of anilines is 1. The van der Waals surface area contributed by atoms with Crippen molar-refractivity contribution >= 4 is 17.5 Å². The van der Waals surface area contributed by atoms with E-state index in [0.717, 1.165) is 18.7 Å². The predicted molar refractivity (Wildman–Crippen MR) is 87.6 cm³/mol. The second-order valence-corrected chi connectivity index (χ2v) is 4.70. The number of benzene rings is 1. The van der Waals surface area contributed by atoms with Crippen molar-refractivity contribution < 1.29 is 4.79 Å². The fraction of sp³-hybridized carbons (Fsp3) is 0.222. The van der Waals surface area contributed by atoms with Gasteiger partial charge in [-0.3, -0.25) is 9.78 Å². The molecule has 0 N–H and O–H groups in total. The zero-order chi connectivity index (χ0) is 15.1. The molecule has 0 radical (unpaired) electrons. The molecular formula is C18H20N2O. The molecule has 108 valence electrons. The van der Waals surface area contributed by atoms with Gasteiger partial charge in [0.25, 0.3) is 0 Å². The van der Waals surface area contributed by atoms with Crippen molar-refractivity contribution in [3.63, 3.8) is 0 Å². The van der Waals surface area contributed by atoms with Crippen molar-refractivity contribution in [1.29, 1.82) is 0 Å². The van der Waals surface area contributed by atoms with E-state index in [2.05, 4.69) is 35.9 Å². The average Bonchev–Trinajstić information content (AvgIpc) is 2.55. The molecule has 0 atom stereocenters. The highest BCUT2D eigenvalue weighted by Gasteiger charge is 2.02. The third-order valence-corrected chi connectivity index (χ3v) is 3.39. The van der Waals surface area contributed by atoms with Crippen molar-refractivity contribution in [3.05, 3.63) is 66.0 Å². The Morgan fingerprint density at radius 2 is 1.86 bits per heavy atom. The lowest BCUT2D eigenvalue weighted by atomic mass is 10.1. The number of hydrogen-bond acceptors (Lipinski definition) is 3. The molecule has 3 nitrogen and oxygen atoms in total. The lowest BCUT2D eigenvalue weighted by molar-refractivity contribution is 0.104. The van der Waals surface area contributed by atoms with Crippen molar-refractivity contribution in [2.24, 2.45) is 0 Å². The Labute approximate surface area is 125 Å². The molecule has 3 heteroatoms. The first kappa shape index (κ1) is 15.0. The summed E-state index contributed by atoms with van der Waals surface area (Å²) in [5.74, 6) is -0.0316. The normalized spacial score (nSPS) is 10.8. The number of allylic oxidation sites excluding steroid dienone is 1. The summed E-state index contributed by atoms with van der Waals surface area (Å²) in [6.07, 6.45) is 6.66. The molecule has 0 saturated carbocycles. The third-order valence-electron chi connectivity index (χ3n) is 3.39.